The molecule has 25 heavy (non-hydrogen) atoms. The average molecular weight is 425 g/mol. The molecule has 0 radical (unpaired) electrons. The minimum Gasteiger partial charge on any atom is -0.493 e. The summed E-state index contributed by atoms with van der Waals surface area (Å²) in [5, 5.41) is 19.4. The van der Waals surface area contributed by atoms with Crippen LogP contribution in [0, 0.1) is 6.92 Å². The number of azo groups is 1. The minimum atomic E-state index is -0.0619. The van der Waals surface area contributed by atoms with Gasteiger partial charge in [-0.2, -0.15) is 0 Å². The molecule has 1 fully saturated rings. The van der Waals surface area contributed by atoms with Crippen molar-refractivity contribution in [3.05, 3.63) is 22.2 Å². The first kappa shape index (κ1) is 18.2. The zero-order valence-electron chi connectivity index (χ0n) is 14.2. The molecule has 0 atom stereocenters. The highest BCUT2D eigenvalue weighted by molar-refractivity contribution is 9.10. The Hall–Kier alpha value is -1.55. The Labute approximate surface area is 160 Å². The van der Waals surface area contributed by atoms with E-state index in [1.165, 1.54) is 0 Å². The highest BCUT2D eigenvalue weighted by Gasteiger charge is 2.21. The van der Waals surface area contributed by atoms with E-state index < -0.39 is 0 Å². The number of nitrogens with two attached hydrogens (primary N) is 1. The molecule has 0 unspecified atom stereocenters. The van der Waals surface area contributed by atoms with E-state index in [0.29, 0.717) is 12.4 Å². The van der Waals surface area contributed by atoms with Crippen molar-refractivity contribution in [2.24, 2.45) is 16.0 Å². The van der Waals surface area contributed by atoms with E-state index in [0.717, 1.165) is 47.1 Å². The van der Waals surface area contributed by atoms with E-state index >= 15 is 0 Å². The Kier molecular flexibility index (Phi) is 5.38. The van der Waals surface area contributed by atoms with Gasteiger partial charge < -0.3 is 15.7 Å². The summed E-state index contributed by atoms with van der Waals surface area (Å²) in [5.41, 5.74) is 7.76. The number of halogens is 1. The summed E-state index contributed by atoms with van der Waals surface area (Å²) < 4.78 is 2.84. The third kappa shape index (κ3) is 3.84. The molecule has 0 bridgehead atoms. The van der Waals surface area contributed by atoms with Gasteiger partial charge in [0, 0.05) is 36.0 Å². The van der Waals surface area contributed by atoms with Crippen LogP contribution >= 0.6 is 28.1 Å². The van der Waals surface area contributed by atoms with Crippen molar-refractivity contribution in [2.45, 2.75) is 13.6 Å². The van der Waals surface area contributed by atoms with Crippen LogP contribution < -0.4 is 5.73 Å². The van der Waals surface area contributed by atoms with Gasteiger partial charge in [0.1, 0.15) is 0 Å². The maximum absolute atomic E-state index is 10.8. The van der Waals surface area contributed by atoms with Crippen LogP contribution in [0.1, 0.15) is 5.56 Å². The zero-order chi connectivity index (χ0) is 18.1. The lowest BCUT2D eigenvalue weighted by atomic mass is 10.1. The molecule has 3 N–H and O–H groups in total. The Morgan fingerprint density at radius 2 is 2.00 bits per heavy atom. The maximum atomic E-state index is 10.8. The van der Waals surface area contributed by atoms with Gasteiger partial charge in [-0.3, -0.25) is 9.47 Å². The fourth-order valence-corrected chi connectivity index (χ4v) is 3.35. The van der Waals surface area contributed by atoms with Crippen LogP contribution in [0.5, 0.6) is 5.88 Å². The first-order valence-electron chi connectivity index (χ1n) is 8.00. The second kappa shape index (κ2) is 7.36. The molecule has 1 aromatic carbocycles. The van der Waals surface area contributed by atoms with Crippen molar-refractivity contribution in [3.8, 4) is 5.88 Å². The van der Waals surface area contributed by atoms with Crippen molar-refractivity contribution >= 4 is 49.9 Å². The largest absolute Gasteiger partial charge is 0.493 e. The molecule has 9 heteroatoms. The Morgan fingerprint density at radius 3 is 2.64 bits per heavy atom. The van der Waals surface area contributed by atoms with Crippen LogP contribution in [-0.4, -0.2) is 57.8 Å². The summed E-state index contributed by atoms with van der Waals surface area (Å²) in [6.07, 6.45) is 0. The molecule has 2 aromatic rings. The fourth-order valence-electron chi connectivity index (χ4n) is 2.98. The molecule has 7 nitrogen and oxygen atoms in total. The van der Waals surface area contributed by atoms with Gasteiger partial charge >= 0.3 is 0 Å². The second-order valence-corrected chi connectivity index (χ2v) is 7.59. The van der Waals surface area contributed by atoms with Gasteiger partial charge in [0.2, 0.25) is 11.0 Å². The monoisotopic (exact) mass is 424 g/mol. The van der Waals surface area contributed by atoms with Crippen LogP contribution in [0.4, 0.5) is 5.69 Å². The second-order valence-electron chi connectivity index (χ2n) is 6.32. The lowest BCUT2D eigenvalue weighted by Crippen LogP contribution is -2.44. The van der Waals surface area contributed by atoms with Crippen molar-refractivity contribution in [1.29, 1.82) is 0 Å². The number of thiocarbonyl (C=S) groups is 1. The van der Waals surface area contributed by atoms with E-state index in [1.807, 2.05) is 23.6 Å². The van der Waals surface area contributed by atoms with E-state index in [2.05, 4.69) is 43.0 Å². The highest BCUT2D eigenvalue weighted by atomic mass is 79.9. The quantitative estimate of drug-likeness (QED) is 0.584. The predicted octanol–water partition coefficient (Wildman–Crippen LogP) is 2.95. The molecular formula is C16H21BrN6OS. The molecule has 0 saturated carbocycles. The molecule has 134 valence electrons. The molecule has 0 aliphatic carbocycles. The SMILES string of the molecule is Cc1cc2c(N=NC(N)=S)c(O)n(CN3CCN(C)CC3)c2cc1Br. The molecule has 2 heterocycles. The molecule has 0 spiro atoms. The molecule has 0 amide bonds. The zero-order valence-corrected chi connectivity index (χ0v) is 16.6. The summed E-state index contributed by atoms with van der Waals surface area (Å²) in [7, 11) is 2.12. The Bertz CT molecular complexity index is 841. The van der Waals surface area contributed by atoms with Gasteiger partial charge in [0.25, 0.3) is 0 Å². The number of piperazine rings is 1. The number of benzene rings is 1. The summed E-state index contributed by atoms with van der Waals surface area (Å²) in [4.78, 5) is 4.60. The summed E-state index contributed by atoms with van der Waals surface area (Å²) in [6, 6.07) is 3.98. The van der Waals surface area contributed by atoms with Gasteiger partial charge in [0.05, 0.1) is 12.2 Å². The van der Waals surface area contributed by atoms with Gasteiger partial charge in [-0.25, -0.2) is 0 Å². The van der Waals surface area contributed by atoms with Crippen molar-refractivity contribution in [3.63, 3.8) is 0 Å². The fraction of sp³-hybridized carbons (Fsp3) is 0.438. The highest BCUT2D eigenvalue weighted by Crippen LogP contribution is 2.41. The number of rotatable bonds is 3. The van der Waals surface area contributed by atoms with E-state index in [9.17, 15) is 5.11 Å². The summed E-state index contributed by atoms with van der Waals surface area (Å²) in [5.74, 6) is 0.0754. The number of aryl methyl sites for hydroxylation is 1. The minimum absolute atomic E-state index is 0.0619. The van der Waals surface area contributed by atoms with E-state index in [4.69, 9.17) is 18.0 Å². The molecule has 1 aliphatic rings. The van der Waals surface area contributed by atoms with Crippen molar-refractivity contribution in [1.82, 2.24) is 14.4 Å². The van der Waals surface area contributed by atoms with Crippen LogP contribution in [0.15, 0.2) is 26.8 Å². The van der Waals surface area contributed by atoms with Gasteiger partial charge in [-0.1, -0.05) is 15.9 Å². The summed E-state index contributed by atoms with van der Waals surface area (Å²) in [6.45, 7) is 6.51. The predicted molar refractivity (Wildman–Crippen MR) is 106 cm³/mol. The third-order valence-corrected chi connectivity index (χ3v) is 5.41. The first-order valence-corrected chi connectivity index (χ1v) is 9.20. The smallest absolute Gasteiger partial charge is 0.221 e. The van der Waals surface area contributed by atoms with Gasteiger partial charge in [-0.15, -0.1) is 10.2 Å². The normalized spacial score (nSPS) is 16.9. The lowest BCUT2D eigenvalue weighted by molar-refractivity contribution is 0.123. The van der Waals surface area contributed by atoms with Crippen LogP contribution in [0.2, 0.25) is 0 Å². The third-order valence-electron chi connectivity index (χ3n) is 4.48. The summed E-state index contributed by atoms with van der Waals surface area (Å²) >= 11 is 8.33. The van der Waals surface area contributed by atoms with Gasteiger partial charge in [-0.05, 0) is 43.9 Å². The van der Waals surface area contributed by atoms with Crippen LogP contribution in [0.3, 0.4) is 0 Å². The Balaban J connectivity index is 2.06. The van der Waals surface area contributed by atoms with Crippen molar-refractivity contribution < 1.29 is 5.11 Å². The molecule has 1 aromatic heterocycles. The molecular weight excluding hydrogens is 404 g/mol. The lowest BCUT2D eigenvalue weighted by Gasteiger charge is -2.32. The van der Waals surface area contributed by atoms with E-state index in [-0.39, 0.29) is 11.0 Å². The molecule has 1 saturated heterocycles. The van der Waals surface area contributed by atoms with Crippen LogP contribution in [0.25, 0.3) is 10.9 Å². The van der Waals surface area contributed by atoms with Crippen LogP contribution in [-0.2, 0) is 6.67 Å². The van der Waals surface area contributed by atoms with E-state index in [1.54, 1.807) is 0 Å². The topological polar surface area (TPSA) is 82.4 Å². The maximum Gasteiger partial charge on any atom is 0.221 e. The van der Waals surface area contributed by atoms with Crippen molar-refractivity contribution in [2.75, 3.05) is 33.2 Å². The standard InChI is InChI=1S/C16H21BrN6OS/c1-10-7-11-13(8-12(10)17)23(9-22-5-3-21(2)4-6-22)15(24)14(11)19-20-16(18)25/h7-8,24H,3-6,9H2,1-2H3,(H2,18,25). The average Bonchev–Trinajstić information content (AvgIpc) is 2.80. The molecule has 3 rings (SSSR count). The number of aromatic hydroxyl groups is 1. The number of aromatic nitrogens is 1. The first-order chi connectivity index (χ1) is 11.9. The number of likely N-dealkylation sites (N-methyl/N-ethyl adjacent to an activating group) is 1. The number of hydrogen-bond acceptors (Lipinski definition) is 5. The number of nitrogens with zero attached hydrogens (tertiary/aromatic N) is 5. The van der Waals surface area contributed by atoms with Gasteiger partial charge in [0.15, 0.2) is 5.69 Å². The Morgan fingerprint density at radius 1 is 1.32 bits per heavy atom. The number of fused-ring (bicyclic) bond motifs is 1. The number of hydrogen-bond donors (Lipinski definition) is 2. The molecule has 1 aliphatic heterocycles.